The van der Waals surface area contributed by atoms with Gasteiger partial charge in [-0.25, -0.2) is 5.84 Å². The van der Waals surface area contributed by atoms with E-state index in [1.54, 1.807) is 0 Å². The normalized spacial score (nSPS) is 11.7. The summed E-state index contributed by atoms with van der Waals surface area (Å²) in [7, 11) is 0. The van der Waals surface area contributed by atoms with E-state index in [4.69, 9.17) is 5.84 Å². The topological polar surface area (TPSA) is 29.3 Å². The van der Waals surface area contributed by atoms with Gasteiger partial charge in [0.1, 0.15) is 0 Å². The maximum Gasteiger partial charge on any atom is 0.0732 e. The van der Waals surface area contributed by atoms with Gasteiger partial charge in [-0.15, -0.1) is 0 Å². The minimum Gasteiger partial charge on any atom is -0.278 e. The van der Waals surface area contributed by atoms with Crippen LogP contribution in [0.2, 0.25) is 0 Å². The first-order valence-corrected chi connectivity index (χ1v) is 9.43. The molecule has 1 aliphatic rings. The second-order valence-corrected chi connectivity index (χ2v) is 6.89. The van der Waals surface area contributed by atoms with E-state index in [9.17, 15) is 0 Å². The van der Waals surface area contributed by atoms with Gasteiger partial charge in [0.25, 0.3) is 0 Å². The molecule has 0 atom stereocenters. The lowest BCUT2D eigenvalue weighted by Crippen LogP contribution is -2.30. The Morgan fingerprint density at radius 1 is 0.500 bits per heavy atom. The first-order chi connectivity index (χ1) is 13.8. The Hall–Kier alpha value is -3.62. The molecule has 2 heteroatoms. The minimum absolute atomic E-state index is 0.954. The summed E-state index contributed by atoms with van der Waals surface area (Å²) in [4.78, 5) is 0. The molecule has 2 nitrogen and oxygen atoms in total. The number of rotatable bonds is 3. The highest BCUT2D eigenvalue weighted by molar-refractivity contribution is 6.12. The van der Waals surface area contributed by atoms with Gasteiger partial charge in [-0.1, -0.05) is 97.1 Å². The zero-order valence-corrected chi connectivity index (χ0v) is 15.4. The number of hydrogen-bond donors (Lipinski definition) is 1. The fourth-order valence-electron chi connectivity index (χ4n) is 3.99. The summed E-state index contributed by atoms with van der Waals surface area (Å²) in [6.45, 7) is 0. The lowest BCUT2D eigenvalue weighted by atomic mass is 9.97. The summed E-state index contributed by atoms with van der Waals surface area (Å²) in [6, 6.07) is 37.6. The summed E-state index contributed by atoms with van der Waals surface area (Å²) in [5.41, 5.74) is 9.16. The van der Waals surface area contributed by atoms with Crippen molar-refractivity contribution in [3.05, 3.63) is 126 Å². The Balaban J connectivity index is 1.86. The van der Waals surface area contributed by atoms with E-state index < -0.39 is 0 Å². The highest BCUT2D eigenvalue weighted by atomic mass is 15.4. The molecule has 0 aromatic heterocycles. The molecule has 28 heavy (non-hydrogen) atoms. The largest absolute Gasteiger partial charge is 0.278 e. The van der Waals surface area contributed by atoms with Crippen molar-refractivity contribution in [1.82, 2.24) is 0 Å². The van der Waals surface area contributed by atoms with Gasteiger partial charge < -0.3 is 0 Å². The van der Waals surface area contributed by atoms with Crippen LogP contribution in [0.25, 0.3) is 22.4 Å². The predicted octanol–water partition coefficient (Wildman–Crippen LogP) is 5.96. The number of fused-ring (bicyclic) bond motifs is 3. The van der Waals surface area contributed by atoms with Crippen molar-refractivity contribution in [3.63, 3.8) is 0 Å². The number of anilines is 1. The van der Waals surface area contributed by atoms with E-state index in [0.29, 0.717) is 0 Å². The molecule has 0 amide bonds. The van der Waals surface area contributed by atoms with Crippen LogP contribution in [0, 0.1) is 0 Å². The van der Waals surface area contributed by atoms with Crippen LogP contribution in [0.15, 0.2) is 109 Å². The van der Waals surface area contributed by atoms with E-state index in [-0.39, 0.29) is 0 Å². The van der Waals surface area contributed by atoms with Crippen LogP contribution in [-0.4, -0.2) is 0 Å². The van der Waals surface area contributed by atoms with Gasteiger partial charge in [0.2, 0.25) is 0 Å². The summed E-state index contributed by atoms with van der Waals surface area (Å²) in [5, 5.41) is 1.81. The SMILES string of the molecule is NN(C(=C1c2ccccc2-c2ccccc21)c1ccccc1)c1ccccc1. The number of hydrazine groups is 1. The van der Waals surface area contributed by atoms with Crippen LogP contribution >= 0.6 is 0 Å². The molecule has 0 heterocycles. The van der Waals surface area contributed by atoms with E-state index in [1.807, 2.05) is 41.4 Å². The fourth-order valence-corrected chi connectivity index (χ4v) is 3.99. The fraction of sp³-hybridized carbons (Fsp3) is 0. The van der Waals surface area contributed by atoms with E-state index in [2.05, 4.69) is 72.8 Å². The summed E-state index contributed by atoms with van der Waals surface area (Å²) >= 11 is 0. The molecule has 0 radical (unpaired) electrons. The van der Waals surface area contributed by atoms with Crippen molar-refractivity contribution in [2.24, 2.45) is 5.84 Å². The van der Waals surface area contributed by atoms with Gasteiger partial charge in [0.05, 0.1) is 11.4 Å². The van der Waals surface area contributed by atoms with Crippen molar-refractivity contribution in [2.75, 3.05) is 5.01 Å². The second-order valence-electron chi connectivity index (χ2n) is 6.89. The zero-order chi connectivity index (χ0) is 18.9. The van der Waals surface area contributed by atoms with Gasteiger partial charge in [0, 0.05) is 11.1 Å². The van der Waals surface area contributed by atoms with Crippen molar-refractivity contribution in [3.8, 4) is 11.1 Å². The Morgan fingerprint density at radius 3 is 1.46 bits per heavy atom. The van der Waals surface area contributed by atoms with E-state index >= 15 is 0 Å². The molecule has 0 aliphatic heterocycles. The minimum atomic E-state index is 0.954. The summed E-state index contributed by atoms with van der Waals surface area (Å²) < 4.78 is 0. The second kappa shape index (κ2) is 6.84. The Labute approximate surface area is 165 Å². The zero-order valence-electron chi connectivity index (χ0n) is 15.4. The van der Waals surface area contributed by atoms with Crippen LogP contribution in [0.1, 0.15) is 16.7 Å². The Bertz CT molecular complexity index is 1110. The quantitative estimate of drug-likeness (QED) is 0.317. The van der Waals surface area contributed by atoms with E-state index in [0.717, 1.165) is 16.9 Å². The number of benzene rings is 4. The third-order valence-electron chi connectivity index (χ3n) is 5.24. The van der Waals surface area contributed by atoms with Crippen molar-refractivity contribution in [1.29, 1.82) is 0 Å². The average Bonchev–Trinajstić information content (AvgIpc) is 3.10. The van der Waals surface area contributed by atoms with Crippen molar-refractivity contribution in [2.45, 2.75) is 0 Å². The first kappa shape index (κ1) is 16.5. The molecule has 4 aromatic rings. The molecule has 4 aromatic carbocycles. The summed E-state index contributed by atoms with van der Waals surface area (Å²) in [5.74, 6) is 6.74. The molecule has 0 unspecified atom stereocenters. The predicted molar refractivity (Wildman–Crippen MR) is 117 cm³/mol. The lowest BCUT2D eigenvalue weighted by Gasteiger charge is -2.25. The molecular formula is C26H20N2. The van der Waals surface area contributed by atoms with Crippen LogP contribution in [0.5, 0.6) is 0 Å². The lowest BCUT2D eigenvalue weighted by molar-refractivity contribution is 1.10. The number of hydrogen-bond acceptors (Lipinski definition) is 2. The van der Waals surface area contributed by atoms with Crippen LogP contribution < -0.4 is 10.9 Å². The van der Waals surface area contributed by atoms with Gasteiger partial charge >= 0.3 is 0 Å². The van der Waals surface area contributed by atoms with Crippen LogP contribution in [-0.2, 0) is 0 Å². The number of nitrogens with two attached hydrogens (primary N) is 1. The van der Waals surface area contributed by atoms with E-state index in [1.165, 1.54) is 27.8 Å². The van der Waals surface area contributed by atoms with Gasteiger partial charge in [-0.2, -0.15) is 0 Å². The molecule has 1 aliphatic carbocycles. The molecule has 0 spiro atoms. The molecular weight excluding hydrogens is 340 g/mol. The Morgan fingerprint density at radius 2 is 0.929 bits per heavy atom. The molecule has 0 bridgehead atoms. The molecule has 0 fully saturated rings. The highest BCUT2D eigenvalue weighted by Crippen LogP contribution is 2.47. The van der Waals surface area contributed by atoms with Crippen molar-refractivity contribution < 1.29 is 0 Å². The van der Waals surface area contributed by atoms with Crippen LogP contribution in [0.3, 0.4) is 0 Å². The summed E-state index contributed by atoms with van der Waals surface area (Å²) in [6.07, 6.45) is 0. The first-order valence-electron chi connectivity index (χ1n) is 9.43. The third kappa shape index (κ3) is 2.63. The van der Waals surface area contributed by atoms with Crippen LogP contribution in [0.4, 0.5) is 5.69 Å². The molecule has 134 valence electrons. The molecule has 5 rings (SSSR count). The van der Waals surface area contributed by atoms with Gasteiger partial charge in [-0.05, 0) is 34.4 Å². The van der Waals surface area contributed by atoms with Crippen molar-refractivity contribution >= 4 is 17.0 Å². The molecule has 2 N–H and O–H groups in total. The maximum atomic E-state index is 6.74. The standard InChI is InChI=1S/C26H20N2/c27-28(20-13-5-2-6-14-20)26(19-11-3-1-4-12-19)25-23-17-9-7-15-21(23)22-16-8-10-18-24(22)25/h1-18H,27H2. The van der Waals surface area contributed by atoms with Gasteiger partial charge in [0.15, 0.2) is 0 Å². The monoisotopic (exact) mass is 360 g/mol. The Kier molecular flexibility index (Phi) is 4.04. The number of para-hydroxylation sites is 1. The maximum absolute atomic E-state index is 6.74. The third-order valence-corrected chi connectivity index (χ3v) is 5.24. The highest BCUT2D eigenvalue weighted by Gasteiger charge is 2.28. The average molecular weight is 360 g/mol. The molecule has 0 saturated carbocycles. The smallest absolute Gasteiger partial charge is 0.0732 e. The molecule has 0 saturated heterocycles. The number of nitrogens with zero attached hydrogens (tertiary/aromatic N) is 1. The van der Waals surface area contributed by atoms with Gasteiger partial charge in [-0.3, -0.25) is 5.01 Å².